The second-order valence-corrected chi connectivity index (χ2v) is 7.49. The van der Waals surface area contributed by atoms with Crippen molar-refractivity contribution in [1.82, 2.24) is 9.78 Å². The Kier molecular flexibility index (Phi) is 6.44. The number of aromatic nitrogens is 2. The van der Waals surface area contributed by atoms with Gasteiger partial charge in [-0.15, -0.1) is 0 Å². The number of hydrogen-bond donors (Lipinski definition) is 2. The maximum Gasteiger partial charge on any atom is 0.175 e. The molecule has 0 aliphatic carbocycles. The zero-order valence-electron chi connectivity index (χ0n) is 15.7. The Morgan fingerprint density at radius 3 is 2.61 bits per heavy atom. The number of nitrogens with one attached hydrogen (secondary N) is 2. The molecule has 0 unspecified atom stereocenters. The molecule has 0 fully saturated rings. The highest BCUT2D eigenvalue weighted by Gasteiger charge is 2.14. The number of anilines is 2. The molecule has 0 amide bonds. The van der Waals surface area contributed by atoms with Crippen molar-refractivity contribution in [2.45, 2.75) is 20.4 Å². The van der Waals surface area contributed by atoms with E-state index in [0.717, 1.165) is 34.1 Å². The van der Waals surface area contributed by atoms with Gasteiger partial charge >= 0.3 is 0 Å². The summed E-state index contributed by atoms with van der Waals surface area (Å²) in [5.41, 5.74) is 4.56. The molecule has 0 saturated heterocycles. The minimum atomic E-state index is 0.480. The fourth-order valence-electron chi connectivity index (χ4n) is 2.82. The summed E-state index contributed by atoms with van der Waals surface area (Å²) >= 11 is 17.6. The molecule has 146 valence electrons. The van der Waals surface area contributed by atoms with Crippen molar-refractivity contribution >= 4 is 51.9 Å². The third-order valence-corrected chi connectivity index (χ3v) is 5.21. The average molecular weight is 435 g/mol. The summed E-state index contributed by atoms with van der Waals surface area (Å²) in [5.74, 6) is 0.759. The molecule has 0 aliphatic heterocycles. The summed E-state index contributed by atoms with van der Waals surface area (Å²) in [5, 5.41) is 12.6. The number of halogens is 2. The van der Waals surface area contributed by atoms with Crippen LogP contribution < -0.4 is 15.4 Å². The summed E-state index contributed by atoms with van der Waals surface area (Å²) in [7, 11) is 1.63. The van der Waals surface area contributed by atoms with Crippen LogP contribution in [-0.4, -0.2) is 22.0 Å². The average Bonchev–Trinajstić information content (AvgIpc) is 2.92. The van der Waals surface area contributed by atoms with E-state index in [2.05, 4.69) is 15.7 Å². The van der Waals surface area contributed by atoms with Gasteiger partial charge in [0.25, 0.3) is 0 Å². The van der Waals surface area contributed by atoms with Crippen LogP contribution in [0.25, 0.3) is 0 Å². The van der Waals surface area contributed by atoms with Gasteiger partial charge in [-0.25, -0.2) is 0 Å². The van der Waals surface area contributed by atoms with Crippen LogP contribution in [0.1, 0.15) is 17.0 Å². The summed E-state index contributed by atoms with van der Waals surface area (Å²) < 4.78 is 7.14. The van der Waals surface area contributed by atoms with Gasteiger partial charge in [0.05, 0.1) is 40.8 Å². The summed E-state index contributed by atoms with van der Waals surface area (Å²) in [6.07, 6.45) is 0. The van der Waals surface area contributed by atoms with Crippen molar-refractivity contribution in [3.63, 3.8) is 0 Å². The van der Waals surface area contributed by atoms with E-state index in [0.29, 0.717) is 21.7 Å². The first-order chi connectivity index (χ1) is 13.4. The maximum absolute atomic E-state index is 6.12. The van der Waals surface area contributed by atoms with E-state index in [1.807, 2.05) is 54.9 Å². The molecule has 0 atom stereocenters. The van der Waals surface area contributed by atoms with Crippen LogP contribution in [0.3, 0.4) is 0 Å². The van der Waals surface area contributed by atoms with Gasteiger partial charge in [-0.2, -0.15) is 5.10 Å². The zero-order valence-corrected chi connectivity index (χ0v) is 18.0. The van der Waals surface area contributed by atoms with Crippen molar-refractivity contribution in [2.75, 3.05) is 17.7 Å². The number of ether oxygens (including phenoxy) is 1. The summed E-state index contributed by atoms with van der Waals surface area (Å²) in [6.45, 7) is 4.52. The molecule has 0 spiro atoms. The topological polar surface area (TPSA) is 51.1 Å². The Morgan fingerprint density at radius 2 is 1.89 bits per heavy atom. The van der Waals surface area contributed by atoms with Crippen molar-refractivity contribution in [3.8, 4) is 5.75 Å². The Hall–Kier alpha value is -2.28. The first-order valence-electron chi connectivity index (χ1n) is 8.57. The molecule has 3 rings (SSSR count). The number of thiocarbonyl (C=S) groups is 1. The van der Waals surface area contributed by atoms with E-state index >= 15 is 0 Å². The van der Waals surface area contributed by atoms with Gasteiger partial charge in [0, 0.05) is 11.8 Å². The fourth-order valence-corrected chi connectivity index (χ4v) is 3.36. The molecule has 0 saturated carbocycles. The van der Waals surface area contributed by atoms with E-state index < -0.39 is 0 Å². The normalized spacial score (nSPS) is 10.6. The minimum absolute atomic E-state index is 0.480. The predicted octanol–water partition coefficient (Wildman–Crippen LogP) is 5.67. The van der Waals surface area contributed by atoms with Crippen LogP contribution in [0.4, 0.5) is 11.4 Å². The van der Waals surface area contributed by atoms with Gasteiger partial charge in [0.15, 0.2) is 5.11 Å². The SMILES string of the molecule is COc1cccc(NC(=S)Nc2c(C)nn(Cc3ccc(Cl)c(Cl)c3)c2C)c1. The Bertz CT molecular complexity index is 1020. The molecule has 2 N–H and O–H groups in total. The lowest BCUT2D eigenvalue weighted by molar-refractivity contribution is 0.415. The number of hydrogen-bond acceptors (Lipinski definition) is 3. The van der Waals surface area contributed by atoms with E-state index in [1.54, 1.807) is 13.2 Å². The highest BCUT2D eigenvalue weighted by atomic mass is 35.5. The highest BCUT2D eigenvalue weighted by molar-refractivity contribution is 7.80. The van der Waals surface area contributed by atoms with Gasteiger partial charge in [0.2, 0.25) is 0 Å². The third-order valence-electron chi connectivity index (χ3n) is 4.26. The molecular weight excluding hydrogens is 415 g/mol. The van der Waals surface area contributed by atoms with Crippen molar-refractivity contribution in [2.24, 2.45) is 0 Å². The lowest BCUT2D eigenvalue weighted by atomic mass is 10.2. The number of methoxy groups -OCH3 is 1. The molecular formula is C20H20Cl2N4OS. The molecule has 28 heavy (non-hydrogen) atoms. The minimum Gasteiger partial charge on any atom is -0.497 e. The molecule has 2 aromatic carbocycles. The Morgan fingerprint density at radius 1 is 1.11 bits per heavy atom. The second-order valence-electron chi connectivity index (χ2n) is 6.26. The second kappa shape index (κ2) is 8.82. The van der Waals surface area contributed by atoms with Crippen molar-refractivity contribution < 1.29 is 4.74 Å². The van der Waals surface area contributed by atoms with Crippen LogP contribution in [0, 0.1) is 13.8 Å². The zero-order chi connectivity index (χ0) is 20.3. The number of rotatable bonds is 5. The maximum atomic E-state index is 6.12. The standard InChI is InChI=1S/C20H20Cl2N4OS/c1-12-19(24-20(28)23-15-5-4-6-16(10-15)27-3)13(2)26(25-12)11-14-7-8-17(21)18(22)9-14/h4-10H,11H2,1-3H3,(H2,23,24,28). The van der Waals surface area contributed by atoms with Crippen LogP contribution in [-0.2, 0) is 6.54 Å². The lowest BCUT2D eigenvalue weighted by Gasteiger charge is -2.12. The smallest absolute Gasteiger partial charge is 0.175 e. The van der Waals surface area contributed by atoms with Crippen molar-refractivity contribution in [3.05, 3.63) is 69.5 Å². The largest absolute Gasteiger partial charge is 0.497 e. The Balaban J connectivity index is 1.73. The number of benzene rings is 2. The van der Waals surface area contributed by atoms with Crippen LogP contribution in [0.15, 0.2) is 42.5 Å². The van der Waals surface area contributed by atoms with E-state index in [1.165, 1.54) is 0 Å². The molecule has 0 radical (unpaired) electrons. The number of nitrogens with zero attached hydrogens (tertiary/aromatic N) is 2. The molecule has 8 heteroatoms. The van der Waals surface area contributed by atoms with E-state index in [4.69, 9.17) is 40.2 Å². The van der Waals surface area contributed by atoms with E-state index in [9.17, 15) is 0 Å². The molecule has 5 nitrogen and oxygen atoms in total. The van der Waals surface area contributed by atoms with Crippen molar-refractivity contribution in [1.29, 1.82) is 0 Å². The first-order valence-corrected chi connectivity index (χ1v) is 9.74. The third kappa shape index (κ3) is 4.76. The van der Waals surface area contributed by atoms with Gasteiger partial charge in [-0.05, 0) is 55.9 Å². The van der Waals surface area contributed by atoms with E-state index in [-0.39, 0.29) is 0 Å². The molecule has 0 aliphatic rings. The summed E-state index contributed by atoms with van der Waals surface area (Å²) in [6, 6.07) is 13.1. The monoisotopic (exact) mass is 434 g/mol. The lowest BCUT2D eigenvalue weighted by Crippen LogP contribution is -2.20. The molecule has 3 aromatic rings. The summed E-state index contributed by atoms with van der Waals surface area (Å²) in [4.78, 5) is 0. The Labute approximate surface area is 179 Å². The molecule has 1 aromatic heterocycles. The van der Waals surface area contributed by atoms with Crippen LogP contribution in [0.5, 0.6) is 5.75 Å². The van der Waals surface area contributed by atoms with Gasteiger partial charge < -0.3 is 15.4 Å². The first kappa shape index (κ1) is 20.5. The fraction of sp³-hybridized carbons (Fsp3) is 0.200. The predicted molar refractivity (Wildman–Crippen MR) is 120 cm³/mol. The molecule has 0 bridgehead atoms. The molecule has 1 heterocycles. The van der Waals surface area contributed by atoms with Gasteiger partial charge in [-0.3, -0.25) is 4.68 Å². The van der Waals surface area contributed by atoms with Crippen LogP contribution >= 0.6 is 35.4 Å². The van der Waals surface area contributed by atoms with Gasteiger partial charge in [0.1, 0.15) is 5.75 Å². The van der Waals surface area contributed by atoms with Crippen LogP contribution in [0.2, 0.25) is 10.0 Å². The number of aryl methyl sites for hydroxylation is 1. The van der Waals surface area contributed by atoms with Gasteiger partial charge in [-0.1, -0.05) is 35.3 Å². The highest BCUT2D eigenvalue weighted by Crippen LogP contribution is 2.25. The quantitative estimate of drug-likeness (QED) is 0.506.